The summed E-state index contributed by atoms with van der Waals surface area (Å²) in [5.74, 6) is 0.278. The third kappa shape index (κ3) is 3.32. The number of halogens is 3. The Morgan fingerprint density at radius 3 is 2.23 bits per heavy atom. The average molecular weight is 312 g/mol. The lowest BCUT2D eigenvalue weighted by Crippen LogP contribution is -2.05. The molecule has 2 rings (SSSR count). The largest absolute Gasteiger partial charge is 0.434 e. The molecule has 2 aromatic rings. The summed E-state index contributed by atoms with van der Waals surface area (Å²) in [4.78, 5) is 3.74. The zero-order valence-electron chi connectivity index (χ0n) is 12.7. The van der Waals surface area contributed by atoms with Crippen LogP contribution in [0.1, 0.15) is 50.6 Å². The molecular weight excluding hydrogens is 293 g/mol. The van der Waals surface area contributed by atoms with E-state index < -0.39 is 18.0 Å². The Balaban J connectivity index is 2.45. The lowest BCUT2D eigenvalue weighted by Gasteiger charge is -2.12. The number of aromatic nitrogens is 2. The van der Waals surface area contributed by atoms with E-state index in [-0.39, 0.29) is 11.9 Å². The van der Waals surface area contributed by atoms with Gasteiger partial charge in [-0.3, -0.25) is 0 Å². The van der Waals surface area contributed by atoms with Crippen molar-refractivity contribution in [1.82, 2.24) is 9.55 Å². The van der Waals surface area contributed by atoms with E-state index in [1.54, 1.807) is 38.1 Å². The summed E-state index contributed by atoms with van der Waals surface area (Å²) in [7, 11) is 0. The number of aliphatic hydroxyl groups is 1. The molecule has 1 N–H and O–H groups in total. The fraction of sp³-hybridized carbons (Fsp3) is 0.438. The highest BCUT2D eigenvalue weighted by Gasteiger charge is 2.35. The highest BCUT2D eigenvalue weighted by Crippen LogP contribution is 2.32. The lowest BCUT2D eigenvalue weighted by atomic mass is 10.0. The van der Waals surface area contributed by atoms with Gasteiger partial charge < -0.3 is 9.67 Å². The van der Waals surface area contributed by atoms with Crippen LogP contribution in [0.25, 0.3) is 11.4 Å². The second-order valence-electron chi connectivity index (χ2n) is 5.49. The van der Waals surface area contributed by atoms with E-state index in [9.17, 15) is 18.3 Å². The van der Waals surface area contributed by atoms with E-state index in [2.05, 4.69) is 4.98 Å². The summed E-state index contributed by atoms with van der Waals surface area (Å²) in [6.07, 6.45) is -3.41. The van der Waals surface area contributed by atoms with Crippen LogP contribution in [0.4, 0.5) is 13.2 Å². The highest BCUT2D eigenvalue weighted by molar-refractivity contribution is 5.57. The summed E-state index contributed by atoms with van der Waals surface area (Å²) in [5.41, 5.74) is 0.440. The molecule has 0 aliphatic rings. The first-order valence-corrected chi connectivity index (χ1v) is 7.18. The van der Waals surface area contributed by atoms with Crippen LogP contribution >= 0.6 is 0 Å². The topological polar surface area (TPSA) is 38.1 Å². The van der Waals surface area contributed by atoms with Crippen molar-refractivity contribution < 1.29 is 18.3 Å². The van der Waals surface area contributed by atoms with Gasteiger partial charge in [0, 0.05) is 17.8 Å². The molecule has 0 fully saturated rings. The van der Waals surface area contributed by atoms with Gasteiger partial charge in [-0.05, 0) is 25.8 Å². The molecule has 1 unspecified atom stereocenters. The predicted octanol–water partition coefficient (Wildman–Crippen LogP) is 4.59. The maximum Gasteiger partial charge on any atom is 0.434 e. The van der Waals surface area contributed by atoms with Crippen LogP contribution in [0.2, 0.25) is 0 Å². The molecule has 1 atom stereocenters. The van der Waals surface area contributed by atoms with Gasteiger partial charge in [0.1, 0.15) is 5.82 Å². The predicted molar refractivity (Wildman–Crippen MR) is 78.3 cm³/mol. The fourth-order valence-electron chi connectivity index (χ4n) is 2.23. The Hall–Kier alpha value is -1.82. The summed E-state index contributed by atoms with van der Waals surface area (Å²) < 4.78 is 40.1. The SMILES string of the molecule is CCC(O)c1ccc(-c2nc(C(F)(F)F)cn2C(C)C)cc1. The molecule has 1 aromatic carbocycles. The zero-order valence-corrected chi connectivity index (χ0v) is 12.7. The second-order valence-corrected chi connectivity index (χ2v) is 5.49. The first-order valence-electron chi connectivity index (χ1n) is 7.18. The van der Waals surface area contributed by atoms with Crippen molar-refractivity contribution in [3.63, 3.8) is 0 Å². The maximum atomic E-state index is 12.9. The molecular formula is C16H19F3N2O. The Labute approximate surface area is 127 Å². The van der Waals surface area contributed by atoms with E-state index in [1.165, 1.54) is 4.57 Å². The number of nitrogens with zero attached hydrogens (tertiary/aromatic N) is 2. The van der Waals surface area contributed by atoms with E-state index in [1.807, 2.05) is 6.92 Å². The van der Waals surface area contributed by atoms with Gasteiger partial charge in [-0.2, -0.15) is 13.2 Å². The quantitative estimate of drug-likeness (QED) is 0.896. The highest BCUT2D eigenvalue weighted by atomic mass is 19.4. The van der Waals surface area contributed by atoms with E-state index in [4.69, 9.17) is 0 Å². The van der Waals surface area contributed by atoms with Crippen molar-refractivity contribution in [3.05, 3.63) is 41.7 Å². The Morgan fingerprint density at radius 2 is 1.77 bits per heavy atom. The van der Waals surface area contributed by atoms with Crippen molar-refractivity contribution in [1.29, 1.82) is 0 Å². The van der Waals surface area contributed by atoms with Crippen LogP contribution in [0.5, 0.6) is 0 Å². The molecule has 0 bridgehead atoms. The number of alkyl halides is 3. The number of benzene rings is 1. The second kappa shape index (κ2) is 6.12. The Morgan fingerprint density at radius 1 is 1.18 bits per heavy atom. The molecule has 0 spiro atoms. The molecule has 120 valence electrons. The minimum atomic E-state index is -4.47. The molecule has 0 radical (unpaired) electrons. The van der Waals surface area contributed by atoms with Gasteiger partial charge in [0.2, 0.25) is 0 Å². The number of hydrogen-bond donors (Lipinski definition) is 1. The normalized spacial score (nSPS) is 13.6. The van der Waals surface area contributed by atoms with Crippen LogP contribution in [0.15, 0.2) is 30.5 Å². The molecule has 0 aliphatic heterocycles. The monoisotopic (exact) mass is 312 g/mol. The van der Waals surface area contributed by atoms with Gasteiger partial charge in [0.05, 0.1) is 6.10 Å². The van der Waals surface area contributed by atoms with E-state index >= 15 is 0 Å². The van der Waals surface area contributed by atoms with Crippen molar-refractivity contribution in [3.8, 4) is 11.4 Å². The summed E-state index contributed by atoms with van der Waals surface area (Å²) in [5, 5.41) is 9.77. The summed E-state index contributed by atoms with van der Waals surface area (Å²) in [6.45, 7) is 5.47. The van der Waals surface area contributed by atoms with Crippen molar-refractivity contribution in [2.24, 2.45) is 0 Å². The Kier molecular flexibility index (Phi) is 4.60. The first-order chi connectivity index (χ1) is 10.2. The number of imidazole rings is 1. The molecule has 22 heavy (non-hydrogen) atoms. The van der Waals surface area contributed by atoms with Gasteiger partial charge in [0.15, 0.2) is 5.69 Å². The third-order valence-electron chi connectivity index (χ3n) is 3.52. The number of aliphatic hydroxyl groups excluding tert-OH is 1. The summed E-state index contributed by atoms with van der Waals surface area (Å²) >= 11 is 0. The first kappa shape index (κ1) is 16.5. The maximum absolute atomic E-state index is 12.9. The smallest absolute Gasteiger partial charge is 0.388 e. The molecule has 0 saturated heterocycles. The molecule has 0 saturated carbocycles. The fourth-order valence-corrected chi connectivity index (χ4v) is 2.23. The van der Waals surface area contributed by atoms with Crippen molar-refractivity contribution in [2.45, 2.75) is 45.5 Å². The van der Waals surface area contributed by atoms with Gasteiger partial charge in [-0.15, -0.1) is 0 Å². The lowest BCUT2D eigenvalue weighted by molar-refractivity contribution is -0.140. The van der Waals surface area contributed by atoms with Crippen LogP contribution in [0, 0.1) is 0 Å². The number of rotatable bonds is 4. The van der Waals surface area contributed by atoms with Crippen LogP contribution in [0.3, 0.4) is 0 Å². The van der Waals surface area contributed by atoms with Gasteiger partial charge >= 0.3 is 6.18 Å². The molecule has 1 heterocycles. The minimum Gasteiger partial charge on any atom is -0.388 e. The zero-order chi connectivity index (χ0) is 16.5. The van der Waals surface area contributed by atoms with E-state index in [0.717, 1.165) is 11.8 Å². The summed E-state index contributed by atoms with van der Waals surface area (Å²) in [6, 6.07) is 6.68. The molecule has 3 nitrogen and oxygen atoms in total. The average Bonchev–Trinajstić information content (AvgIpc) is 2.92. The molecule has 6 heteroatoms. The van der Waals surface area contributed by atoms with Crippen LogP contribution in [-0.4, -0.2) is 14.7 Å². The van der Waals surface area contributed by atoms with Crippen molar-refractivity contribution in [2.75, 3.05) is 0 Å². The minimum absolute atomic E-state index is 0.139. The van der Waals surface area contributed by atoms with Gasteiger partial charge in [0.25, 0.3) is 0 Å². The Bertz CT molecular complexity index is 630. The third-order valence-corrected chi connectivity index (χ3v) is 3.52. The van der Waals surface area contributed by atoms with E-state index in [0.29, 0.717) is 12.0 Å². The van der Waals surface area contributed by atoms with Gasteiger partial charge in [-0.1, -0.05) is 31.2 Å². The molecule has 0 amide bonds. The van der Waals surface area contributed by atoms with Gasteiger partial charge in [-0.25, -0.2) is 4.98 Å². The standard InChI is InChI=1S/C16H19F3N2O/c1-4-13(22)11-5-7-12(8-6-11)15-20-14(16(17,18)19)9-21(15)10(2)3/h5-10,13,22H,4H2,1-3H3. The molecule has 1 aromatic heterocycles. The van der Waals surface area contributed by atoms with Crippen LogP contribution in [-0.2, 0) is 6.18 Å². The van der Waals surface area contributed by atoms with Crippen molar-refractivity contribution >= 4 is 0 Å². The number of hydrogen-bond acceptors (Lipinski definition) is 2. The molecule has 0 aliphatic carbocycles. The van der Waals surface area contributed by atoms with Crippen LogP contribution < -0.4 is 0 Å².